The number of hydrazone groups is 1. The number of hydrogen-bond acceptors (Lipinski definition) is 4. The summed E-state index contributed by atoms with van der Waals surface area (Å²) in [6.45, 7) is 3.70. The molecule has 0 aliphatic carbocycles. The smallest absolute Gasteiger partial charge is 0.259 e. The van der Waals surface area contributed by atoms with Crippen molar-refractivity contribution in [3.8, 4) is 5.75 Å². The summed E-state index contributed by atoms with van der Waals surface area (Å²) < 4.78 is 2.55. The summed E-state index contributed by atoms with van der Waals surface area (Å²) in [6.07, 6.45) is 3.67. The molecule has 5 nitrogen and oxygen atoms in total. The first kappa shape index (κ1) is 20.7. The molecule has 8 heteroatoms. The van der Waals surface area contributed by atoms with Gasteiger partial charge in [0.25, 0.3) is 5.91 Å². The quantitative estimate of drug-likeness (QED) is 0.261. The van der Waals surface area contributed by atoms with Gasteiger partial charge in [-0.25, -0.2) is 5.43 Å². The van der Waals surface area contributed by atoms with E-state index >= 15 is 0 Å². The van der Waals surface area contributed by atoms with E-state index < -0.39 is 0 Å². The molecule has 3 N–H and O–H groups in total. The van der Waals surface area contributed by atoms with Gasteiger partial charge in [0.2, 0.25) is 0 Å². The third-order valence-electron chi connectivity index (χ3n) is 3.34. The Morgan fingerprint density at radius 3 is 2.58 bits per heavy atom. The number of nitrogens with zero attached hydrogens (tertiary/aromatic N) is 1. The zero-order valence-electron chi connectivity index (χ0n) is 13.6. The van der Waals surface area contributed by atoms with E-state index in [-0.39, 0.29) is 18.2 Å². The number of amides is 1. The Kier molecular flexibility index (Phi) is 7.86. The highest BCUT2D eigenvalue weighted by Crippen LogP contribution is 2.34. The number of phenols is 1. The first-order valence-corrected chi connectivity index (χ1v) is 9.92. The molecule has 2 aromatic rings. The molecule has 0 bridgehead atoms. The van der Waals surface area contributed by atoms with Gasteiger partial charge in [0.05, 0.1) is 18.4 Å². The Hall–Kier alpha value is -1.64. The number of rotatable bonds is 7. The van der Waals surface area contributed by atoms with E-state index in [1.165, 1.54) is 6.21 Å². The number of benzene rings is 2. The van der Waals surface area contributed by atoms with E-state index in [0.717, 1.165) is 24.7 Å². The first-order valence-electron chi connectivity index (χ1n) is 7.54. The van der Waals surface area contributed by atoms with Crippen LogP contribution in [0.15, 0.2) is 61.5 Å². The maximum absolute atomic E-state index is 11.9. The minimum atomic E-state index is -0.315. The van der Waals surface area contributed by atoms with E-state index in [1.807, 2.05) is 24.3 Å². The van der Waals surface area contributed by atoms with Crippen LogP contribution in [0.2, 0.25) is 0 Å². The Balaban J connectivity index is 1.94. The van der Waals surface area contributed by atoms with E-state index in [1.54, 1.807) is 12.1 Å². The molecule has 0 spiro atoms. The van der Waals surface area contributed by atoms with Crippen molar-refractivity contribution in [3.63, 3.8) is 0 Å². The zero-order valence-corrected chi connectivity index (χ0v) is 18.4. The van der Waals surface area contributed by atoms with Crippen molar-refractivity contribution < 1.29 is 9.90 Å². The third-order valence-corrected chi connectivity index (χ3v) is 5.05. The minimum Gasteiger partial charge on any atom is -0.507 e. The normalized spacial score (nSPS) is 10.7. The SMILES string of the molecule is C=CCc1cccc(/C=N\NC(=O)CNc2c(Br)cc(Br)cc2Br)c1O. The number of allylic oxidation sites excluding steroid dienone is 1. The summed E-state index contributed by atoms with van der Waals surface area (Å²) in [5, 5.41) is 17.1. The molecule has 136 valence electrons. The van der Waals surface area contributed by atoms with Crippen molar-refractivity contribution in [2.45, 2.75) is 6.42 Å². The van der Waals surface area contributed by atoms with Crippen LogP contribution in [0.5, 0.6) is 5.75 Å². The Morgan fingerprint density at radius 2 is 1.92 bits per heavy atom. The van der Waals surface area contributed by atoms with Gasteiger partial charge in [-0.1, -0.05) is 34.1 Å². The molecule has 0 fully saturated rings. The number of phenolic OH excluding ortho intramolecular Hbond substituents is 1. The molecule has 0 aliphatic heterocycles. The fourth-order valence-corrected chi connectivity index (χ4v) is 4.67. The Labute approximate surface area is 177 Å². The van der Waals surface area contributed by atoms with Gasteiger partial charge < -0.3 is 10.4 Å². The number of carbonyl (C=O) groups excluding carboxylic acids is 1. The summed E-state index contributed by atoms with van der Waals surface area (Å²) in [5.41, 5.74) is 4.47. The maximum atomic E-state index is 11.9. The molecule has 1 amide bonds. The van der Waals surface area contributed by atoms with Crippen LogP contribution >= 0.6 is 47.8 Å². The molecule has 2 aromatic carbocycles. The molecule has 0 atom stereocenters. The summed E-state index contributed by atoms with van der Waals surface area (Å²) >= 11 is 10.3. The molecule has 26 heavy (non-hydrogen) atoms. The van der Waals surface area contributed by atoms with E-state index in [9.17, 15) is 9.90 Å². The van der Waals surface area contributed by atoms with Crippen molar-refractivity contribution in [1.29, 1.82) is 0 Å². The van der Waals surface area contributed by atoms with Crippen LogP contribution in [0.3, 0.4) is 0 Å². The molecule has 2 rings (SSSR count). The number of nitrogens with one attached hydrogen (secondary N) is 2. The summed E-state index contributed by atoms with van der Waals surface area (Å²) in [7, 11) is 0. The first-order chi connectivity index (χ1) is 12.4. The molecule has 0 unspecified atom stereocenters. The Bertz CT molecular complexity index is 831. The molecule has 0 radical (unpaired) electrons. The molecule has 0 saturated heterocycles. The van der Waals surface area contributed by atoms with Crippen LogP contribution < -0.4 is 10.7 Å². The second kappa shape index (κ2) is 9.89. The molecule has 0 heterocycles. The molecule has 0 aromatic heterocycles. The number of para-hydroxylation sites is 1. The number of anilines is 1. The number of carbonyl (C=O) groups is 1. The summed E-state index contributed by atoms with van der Waals surface area (Å²) in [5.74, 6) is -0.184. The maximum Gasteiger partial charge on any atom is 0.259 e. The van der Waals surface area contributed by atoms with E-state index in [4.69, 9.17) is 0 Å². The highest BCUT2D eigenvalue weighted by molar-refractivity contribution is 9.11. The lowest BCUT2D eigenvalue weighted by Crippen LogP contribution is -2.26. The minimum absolute atomic E-state index is 0.0403. The van der Waals surface area contributed by atoms with Gasteiger partial charge in [-0.3, -0.25) is 4.79 Å². The van der Waals surface area contributed by atoms with Crippen molar-refractivity contribution in [1.82, 2.24) is 5.43 Å². The second-order valence-electron chi connectivity index (χ2n) is 5.24. The lowest BCUT2D eigenvalue weighted by atomic mass is 10.1. The van der Waals surface area contributed by atoms with E-state index in [2.05, 4.69) is 70.2 Å². The molecular formula is C18H16Br3N3O2. The number of aromatic hydroxyl groups is 1. The van der Waals surface area contributed by atoms with Crippen LogP contribution in [0.25, 0.3) is 0 Å². The Morgan fingerprint density at radius 1 is 1.23 bits per heavy atom. The fourth-order valence-electron chi connectivity index (χ4n) is 2.13. The van der Waals surface area contributed by atoms with Gasteiger partial charge in [0.15, 0.2) is 0 Å². The highest BCUT2D eigenvalue weighted by atomic mass is 79.9. The van der Waals surface area contributed by atoms with Gasteiger partial charge >= 0.3 is 0 Å². The van der Waals surface area contributed by atoms with Gasteiger partial charge in [0.1, 0.15) is 5.75 Å². The average Bonchev–Trinajstić information content (AvgIpc) is 2.57. The van der Waals surface area contributed by atoms with Crippen LogP contribution in [0, 0.1) is 0 Å². The van der Waals surface area contributed by atoms with Gasteiger partial charge in [-0.2, -0.15) is 5.10 Å². The third kappa shape index (κ3) is 5.69. The predicted molar refractivity (Wildman–Crippen MR) is 116 cm³/mol. The van der Waals surface area contributed by atoms with Crippen LogP contribution in [0.1, 0.15) is 11.1 Å². The topological polar surface area (TPSA) is 73.7 Å². The van der Waals surface area contributed by atoms with Crippen LogP contribution in [0.4, 0.5) is 5.69 Å². The zero-order chi connectivity index (χ0) is 19.1. The summed E-state index contributed by atoms with van der Waals surface area (Å²) in [6, 6.07) is 9.09. The fraction of sp³-hybridized carbons (Fsp3) is 0.111. The highest BCUT2D eigenvalue weighted by Gasteiger charge is 2.08. The van der Waals surface area contributed by atoms with Gasteiger partial charge in [-0.15, -0.1) is 6.58 Å². The van der Waals surface area contributed by atoms with Crippen molar-refractivity contribution in [3.05, 3.63) is 67.5 Å². The summed E-state index contributed by atoms with van der Waals surface area (Å²) in [4.78, 5) is 11.9. The lowest BCUT2D eigenvalue weighted by molar-refractivity contribution is -0.119. The number of hydrogen-bond donors (Lipinski definition) is 3. The van der Waals surface area contributed by atoms with Gasteiger partial charge in [0, 0.05) is 19.0 Å². The molecular weight excluding hydrogens is 530 g/mol. The second-order valence-corrected chi connectivity index (χ2v) is 7.86. The average molecular weight is 546 g/mol. The predicted octanol–water partition coefficient (Wildman–Crippen LogP) is 4.97. The molecule has 0 saturated carbocycles. The van der Waals surface area contributed by atoms with Crippen LogP contribution in [-0.2, 0) is 11.2 Å². The van der Waals surface area contributed by atoms with Crippen molar-refractivity contribution in [2.24, 2.45) is 5.10 Å². The monoisotopic (exact) mass is 543 g/mol. The molecule has 0 aliphatic rings. The van der Waals surface area contributed by atoms with E-state index in [0.29, 0.717) is 12.0 Å². The largest absolute Gasteiger partial charge is 0.507 e. The number of halogens is 3. The lowest BCUT2D eigenvalue weighted by Gasteiger charge is -2.10. The van der Waals surface area contributed by atoms with Gasteiger partial charge in [-0.05, 0) is 62.0 Å². The standard InChI is InChI=1S/C18H16Br3N3O2/c1-2-4-11-5-3-6-12(18(11)26)9-23-24-16(25)10-22-17-14(20)7-13(19)8-15(17)21/h2-3,5-9,22,26H,1,4,10H2,(H,24,25)/b23-9-. The van der Waals surface area contributed by atoms with Crippen molar-refractivity contribution >= 4 is 65.6 Å². The van der Waals surface area contributed by atoms with Crippen LogP contribution in [-0.4, -0.2) is 23.8 Å². The van der Waals surface area contributed by atoms with Crippen molar-refractivity contribution in [2.75, 3.05) is 11.9 Å².